The van der Waals surface area contributed by atoms with Crippen molar-refractivity contribution < 1.29 is 4.74 Å². The second-order valence-electron chi connectivity index (χ2n) is 14.2. The Morgan fingerprint density at radius 2 is 0.960 bits per heavy atom. The van der Waals surface area contributed by atoms with Gasteiger partial charge in [-0.05, 0) is 70.0 Å². The van der Waals surface area contributed by atoms with Crippen molar-refractivity contribution in [2.45, 2.75) is 32.4 Å². The Morgan fingerprint density at radius 1 is 0.500 bits per heavy atom. The zero-order valence-corrected chi connectivity index (χ0v) is 29.6. The summed E-state index contributed by atoms with van der Waals surface area (Å²) in [7, 11) is -2.28. The van der Waals surface area contributed by atoms with E-state index in [0.29, 0.717) is 17.5 Å². The smallest absolute Gasteiger partial charge is 0.164 e. The molecular formula is C44H36N4OSi. The van der Waals surface area contributed by atoms with Crippen molar-refractivity contribution in [2.24, 2.45) is 0 Å². The van der Waals surface area contributed by atoms with Crippen LogP contribution < -0.4 is 20.0 Å². The van der Waals surface area contributed by atoms with Gasteiger partial charge in [0, 0.05) is 27.8 Å². The number of nitrogens with zero attached hydrogens (tertiary/aromatic N) is 4. The van der Waals surface area contributed by atoms with E-state index in [0.717, 1.165) is 33.9 Å². The van der Waals surface area contributed by atoms with Crippen molar-refractivity contribution >= 4 is 35.5 Å². The minimum Gasteiger partial charge on any atom is -0.458 e. The highest BCUT2D eigenvalue weighted by Gasteiger charge is 2.40. The molecule has 0 fully saturated rings. The Morgan fingerprint density at radius 3 is 1.52 bits per heavy atom. The molecule has 1 aromatic heterocycles. The molecule has 0 saturated heterocycles. The third-order valence-electron chi connectivity index (χ3n) is 10.4. The van der Waals surface area contributed by atoms with Crippen LogP contribution in [0.3, 0.4) is 0 Å². The largest absolute Gasteiger partial charge is 0.458 e. The first-order valence-corrected chi connectivity index (χ1v) is 20.1. The summed E-state index contributed by atoms with van der Waals surface area (Å²) < 4.78 is 6.67. The second kappa shape index (κ2) is 11.4. The fourth-order valence-electron chi connectivity index (χ4n) is 7.63. The molecule has 5 nitrogen and oxygen atoms in total. The van der Waals surface area contributed by atoms with Gasteiger partial charge in [0.2, 0.25) is 0 Å². The molecule has 0 atom stereocenters. The Labute approximate surface area is 294 Å². The molecule has 6 aromatic carbocycles. The van der Waals surface area contributed by atoms with Crippen molar-refractivity contribution in [1.82, 2.24) is 15.0 Å². The molecule has 0 amide bonds. The maximum Gasteiger partial charge on any atom is 0.164 e. The Kier molecular flexibility index (Phi) is 6.87. The van der Waals surface area contributed by atoms with Crippen molar-refractivity contribution in [1.29, 1.82) is 0 Å². The lowest BCUT2D eigenvalue weighted by Crippen LogP contribution is -2.56. The molecule has 0 spiro atoms. The number of fused-ring (bicyclic) bond motifs is 4. The molecule has 0 bridgehead atoms. The molecule has 7 aromatic rings. The Hall–Kier alpha value is -5.85. The number of ether oxygens (including phenoxy) is 1. The van der Waals surface area contributed by atoms with Crippen LogP contribution in [0.25, 0.3) is 34.2 Å². The summed E-state index contributed by atoms with van der Waals surface area (Å²) in [5.74, 6) is 3.79. The summed E-state index contributed by atoms with van der Waals surface area (Å²) in [4.78, 5) is 17.4. The number of aromatic nitrogens is 3. The normalized spacial score (nSPS) is 14.8. The van der Waals surface area contributed by atoms with E-state index in [2.05, 4.69) is 117 Å². The minimum atomic E-state index is -2.28. The first kappa shape index (κ1) is 30.2. The summed E-state index contributed by atoms with van der Waals surface area (Å²) in [6.07, 6.45) is 0. The molecule has 0 radical (unpaired) electrons. The summed E-state index contributed by atoms with van der Waals surface area (Å²) in [5.41, 5.74) is 8.96. The van der Waals surface area contributed by atoms with E-state index < -0.39 is 8.07 Å². The topological polar surface area (TPSA) is 51.1 Å². The average molecular weight is 665 g/mol. The Bertz CT molecular complexity index is 2320. The van der Waals surface area contributed by atoms with Gasteiger partial charge in [-0.25, -0.2) is 15.0 Å². The van der Waals surface area contributed by atoms with Gasteiger partial charge in [0.05, 0.1) is 11.4 Å². The van der Waals surface area contributed by atoms with Gasteiger partial charge in [0.25, 0.3) is 0 Å². The molecule has 50 heavy (non-hydrogen) atoms. The zero-order valence-electron chi connectivity index (χ0n) is 28.6. The Balaban J connectivity index is 1.16. The molecule has 0 aliphatic carbocycles. The van der Waals surface area contributed by atoms with Crippen LogP contribution in [0.5, 0.6) is 11.5 Å². The van der Waals surface area contributed by atoms with Gasteiger partial charge in [0.15, 0.2) is 17.5 Å². The number of anilines is 3. The molecule has 3 heterocycles. The number of hydrogen-bond donors (Lipinski definition) is 0. The van der Waals surface area contributed by atoms with Gasteiger partial charge in [-0.15, -0.1) is 0 Å². The van der Waals surface area contributed by atoms with Gasteiger partial charge in [0.1, 0.15) is 19.6 Å². The summed E-state index contributed by atoms with van der Waals surface area (Å²) in [5, 5.41) is 2.49. The predicted octanol–water partition coefficient (Wildman–Crippen LogP) is 9.91. The zero-order chi connectivity index (χ0) is 34.0. The molecule has 9 rings (SSSR count). The van der Waals surface area contributed by atoms with Gasteiger partial charge < -0.3 is 9.64 Å². The standard InChI is InChI=1S/C44H36N4OSi/c1-44(2)33-19-11-13-21-35(33)48(36-22-14-12-20-34(36)44)32-24-26-38-40(28-32)50(3,4)39-27-31(23-25-37(39)49-38)43-46-41(29-15-7-5-8-16-29)45-42(47-43)30-17-9-6-10-18-30/h5-28H,1-4H3. The fourth-order valence-corrected chi connectivity index (χ4v) is 10.4. The summed E-state index contributed by atoms with van der Waals surface area (Å²) in [6.45, 7) is 9.48. The van der Waals surface area contributed by atoms with E-state index in [1.54, 1.807) is 0 Å². The first-order valence-electron chi connectivity index (χ1n) is 17.1. The molecule has 6 heteroatoms. The quantitative estimate of drug-likeness (QED) is 0.175. The van der Waals surface area contributed by atoms with Gasteiger partial charge in [-0.2, -0.15) is 0 Å². The van der Waals surface area contributed by atoms with Crippen molar-refractivity contribution in [3.63, 3.8) is 0 Å². The van der Waals surface area contributed by atoms with Crippen LogP contribution >= 0.6 is 0 Å². The second-order valence-corrected chi connectivity index (χ2v) is 18.5. The third-order valence-corrected chi connectivity index (χ3v) is 13.8. The van der Waals surface area contributed by atoms with Crippen LogP contribution in [0.1, 0.15) is 25.0 Å². The van der Waals surface area contributed by atoms with Crippen LogP contribution in [0.2, 0.25) is 13.1 Å². The van der Waals surface area contributed by atoms with E-state index in [1.807, 2.05) is 60.7 Å². The first-order chi connectivity index (χ1) is 24.3. The maximum absolute atomic E-state index is 6.67. The lowest BCUT2D eigenvalue weighted by molar-refractivity contribution is 0.487. The van der Waals surface area contributed by atoms with Crippen LogP contribution in [-0.2, 0) is 5.41 Å². The van der Waals surface area contributed by atoms with E-state index in [-0.39, 0.29) is 5.41 Å². The molecule has 2 aliphatic rings. The molecule has 242 valence electrons. The monoisotopic (exact) mass is 664 g/mol. The molecule has 0 N–H and O–H groups in total. The van der Waals surface area contributed by atoms with E-state index in [1.165, 1.54) is 32.9 Å². The van der Waals surface area contributed by atoms with E-state index in [9.17, 15) is 0 Å². The number of para-hydroxylation sites is 2. The van der Waals surface area contributed by atoms with Crippen molar-refractivity contribution in [3.05, 3.63) is 157 Å². The lowest BCUT2D eigenvalue weighted by atomic mass is 9.73. The van der Waals surface area contributed by atoms with Crippen molar-refractivity contribution in [3.8, 4) is 45.7 Å². The molecular weight excluding hydrogens is 629 g/mol. The van der Waals surface area contributed by atoms with Crippen LogP contribution in [0.15, 0.2) is 146 Å². The highest BCUT2D eigenvalue weighted by molar-refractivity contribution is 7.01. The molecule has 2 aliphatic heterocycles. The summed E-state index contributed by atoms with van der Waals surface area (Å²) >= 11 is 0. The van der Waals surface area contributed by atoms with Crippen LogP contribution in [0.4, 0.5) is 17.1 Å². The van der Waals surface area contributed by atoms with Gasteiger partial charge in [-0.3, -0.25) is 0 Å². The number of hydrogen-bond acceptors (Lipinski definition) is 5. The molecule has 0 unspecified atom stereocenters. The van der Waals surface area contributed by atoms with Crippen LogP contribution in [0, 0.1) is 0 Å². The highest BCUT2D eigenvalue weighted by atomic mass is 28.3. The highest BCUT2D eigenvalue weighted by Crippen LogP contribution is 2.51. The predicted molar refractivity (Wildman–Crippen MR) is 206 cm³/mol. The lowest BCUT2D eigenvalue weighted by Gasteiger charge is -2.42. The number of rotatable bonds is 4. The molecule has 0 saturated carbocycles. The fraction of sp³-hybridized carbons (Fsp3) is 0.114. The minimum absolute atomic E-state index is 0.111. The van der Waals surface area contributed by atoms with Gasteiger partial charge in [-0.1, -0.05) is 124 Å². The third kappa shape index (κ3) is 4.78. The number of benzene rings is 6. The van der Waals surface area contributed by atoms with E-state index in [4.69, 9.17) is 19.7 Å². The average Bonchev–Trinajstić information content (AvgIpc) is 3.16. The van der Waals surface area contributed by atoms with Gasteiger partial charge >= 0.3 is 0 Å². The van der Waals surface area contributed by atoms with Crippen molar-refractivity contribution in [2.75, 3.05) is 4.90 Å². The maximum atomic E-state index is 6.67. The SMILES string of the molecule is CC1(C)c2ccccc2N(c2ccc3c(c2)[Si](C)(C)c2cc(-c4nc(-c5ccccc5)nc(-c5ccccc5)n4)ccc2O3)c2ccccc21. The van der Waals surface area contributed by atoms with E-state index >= 15 is 0 Å². The van der Waals surface area contributed by atoms with Crippen LogP contribution in [-0.4, -0.2) is 23.0 Å². The summed E-state index contributed by atoms with van der Waals surface area (Å²) in [6, 6.07) is 51.0.